The highest BCUT2D eigenvalue weighted by Crippen LogP contribution is 2.38. The molecule has 2 aromatic rings. The van der Waals surface area contributed by atoms with E-state index in [0.29, 0.717) is 0 Å². The number of rotatable bonds is 3. The molecule has 0 unspecified atom stereocenters. The van der Waals surface area contributed by atoms with Gasteiger partial charge in [0, 0.05) is 5.92 Å². The maximum absolute atomic E-state index is 11.9. The molecule has 2 aromatic carbocycles. The zero-order valence-electron chi connectivity index (χ0n) is 12.4. The fraction of sp³-hybridized carbons (Fsp3) is 0.211. The molecule has 0 radical (unpaired) electrons. The van der Waals surface area contributed by atoms with Gasteiger partial charge in [-0.15, -0.1) is 0 Å². The van der Waals surface area contributed by atoms with Crippen LogP contribution >= 0.6 is 0 Å². The van der Waals surface area contributed by atoms with Crippen LogP contribution in [0.3, 0.4) is 0 Å². The first kappa shape index (κ1) is 14.4. The van der Waals surface area contributed by atoms with Crippen molar-refractivity contribution in [2.45, 2.75) is 18.4 Å². The summed E-state index contributed by atoms with van der Waals surface area (Å²) in [5.74, 6) is -0.00715. The van der Waals surface area contributed by atoms with Crippen LogP contribution in [0.1, 0.15) is 29.6 Å². The molecule has 0 N–H and O–H groups in total. The van der Waals surface area contributed by atoms with Crippen LogP contribution in [0.2, 0.25) is 0 Å². The van der Waals surface area contributed by atoms with Crippen molar-refractivity contribution in [1.29, 1.82) is 0 Å². The Bertz CT molecular complexity index is 662. The molecule has 22 heavy (non-hydrogen) atoms. The molecule has 3 nitrogen and oxygen atoms in total. The van der Waals surface area contributed by atoms with Gasteiger partial charge in [0.15, 0.2) is 0 Å². The largest absolute Gasteiger partial charge is 0.479 e. The molecular formula is C19H18O3. The number of allylic oxidation sites excluding steroid dienone is 1. The fourth-order valence-electron chi connectivity index (χ4n) is 2.74. The molecule has 3 heteroatoms. The third-order valence-electron chi connectivity index (χ3n) is 3.88. The van der Waals surface area contributed by atoms with E-state index in [1.165, 1.54) is 12.7 Å². The summed E-state index contributed by atoms with van der Waals surface area (Å²) in [5, 5.41) is 0. The fourth-order valence-corrected chi connectivity index (χ4v) is 2.74. The van der Waals surface area contributed by atoms with E-state index in [4.69, 9.17) is 9.47 Å². The van der Waals surface area contributed by atoms with Crippen LogP contribution in [0.25, 0.3) is 0 Å². The molecular weight excluding hydrogens is 276 g/mol. The minimum Gasteiger partial charge on any atom is -0.479 e. The Hall–Kier alpha value is -2.55. The van der Waals surface area contributed by atoms with Crippen LogP contribution in [0, 0.1) is 0 Å². The van der Waals surface area contributed by atoms with E-state index in [1.54, 1.807) is 0 Å². The van der Waals surface area contributed by atoms with E-state index in [9.17, 15) is 4.79 Å². The Kier molecular flexibility index (Phi) is 4.24. The molecule has 0 aliphatic carbocycles. The maximum Gasteiger partial charge on any atom is 0.373 e. The van der Waals surface area contributed by atoms with E-state index in [-0.39, 0.29) is 17.8 Å². The van der Waals surface area contributed by atoms with Crippen molar-refractivity contribution < 1.29 is 14.3 Å². The number of hydrogen-bond donors (Lipinski definition) is 0. The second-order valence-electron chi connectivity index (χ2n) is 5.29. The highest BCUT2D eigenvalue weighted by atomic mass is 16.6. The van der Waals surface area contributed by atoms with E-state index in [0.717, 1.165) is 12.0 Å². The van der Waals surface area contributed by atoms with Crippen molar-refractivity contribution in [2.75, 3.05) is 7.11 Å². The molecule has 112 valence electrons. The van der Waals surface area contributed by atoms with Gasteiger partial charge in [-0.2, -0.15) is 0 Å². The standard InChI is InChI=1S/C19H18O3/c1-21-19(20)18-13-16(14-8-4-2-5-9-14)12-17(22-18)15-10-6-3-7-11-15/h2-11,13,16-17H,12H2,1H3/t16-,17+/m0/s1. The third-order valence-corrected chi connectivity index (χ3v) is 3.88. The van der Waals surface area contributed by atoms with Gasteiger partial charge < -0.3 is 9.47 Å². The third kappa shape index (κ3) is 3.03. The molecule has 0 saturated heterocycles. The molecule has 0 aromatic heterocycles. The van der Waals surface area contributed by atoms with Gasteiger partial charge >= 0.3 is 5.97 Å². The molecule has 3 rings (SSSR count). The molecule has 1 aliphatic heterocycles. The second-order valence-corrected chi connectivity index (χ2v) is 5.29. The molecule has 0 spiro atoms. The highest BCUT2D eigenvalue weighted by Gasteiger charge is 2.29. The van der Waals surface area contributed by atoms with Crippen molar-refractivity contribution >= 4 is 5.97 Å². The lowest BCUT2D eigenvalue weighted by Gasteiger charge is -2.29. The first-order valence-electron chi connectivity index (χ1n) is 7.34. The summed E-state index contributed by atoms with van der Waals surface area (Å²) < 4.78 is 10.7. The molecule has 0 amide bonds. The number of carbonyl (C=O) groups is 1. The number of ether oxygens (including phenoxy) is 2. The van der Waals surface area contributed by atoms with Crippen LogP contribution in [0.5, 0.6) is 0 Å². The Morgan fingerprint density at radius 2 is 1.59 bits per heavy atom. The number of benzene rings is 2. The topological polar surface area (TPSA) is 35.5 Å². The summed E-state index contributed by atoms with van der Waals surface area (Å²) in [4.78, 5) is 11.9. The predicted octanol–water partition coefficient (Wildman–Crippen LogP) is 3.99. The van der Waals surface area contributed by atoms with Gasteiger partial charge in [0.25, 0.3) is 0 Å². The Labute approximate surface area is 130 Å². The Morgan fingerprint density at radius 3 is 2.18 bits per heavy atom. The van der Waals surface area contributed by atoms with Gasteiger partial charge in [0.2, 0.25) is 5.76 Å². The molecule has 1 aliphatic rings. The first-order chi connectivity index (χ1) is 10.8. The Balaban J connectivity index is 1.94. The zero-order valence-corrected chi connectivity index (χ0v) is 12.4. The summed E-state index contributed by atoms with van der Waals surface area (Å²) in [7, 11) is 1.37. The minimum absolute atomic E-state index is 0.134. The van der Waals surface area contributed by atoms with Crippen molar-refractivity contribution in [3.05, 3.63) is 83.6 Å². The maximum atomic E-state index is 11.9. The van der Waals surface area contributed by atoms with Crippen LogP contribution in [-0.2, 0) is 14.3 Å². The van der Waals surface area contributed by atoms with Crippen molar-refractivity contribution in [1.82, 2.24) is 0 Å². The van der Waals surface area contributed by atoms with Gasteiger partial charge in [-0.1, -0.05) is 60.7 Å². The summed E-state index contributed by atoms with van der Waals surface area (Å²) in [6.07, 6.45) is 2.51. The van der Waals surface area contributed by atoms with Crippen LogP contribution < -0.4 is 0 Å². The lowest BCUT2D eigenvalue weighted by molar-refractivity contribution is -0.142. The molecule has 0 bridgehead atoms. The van der Waals surface area contributed by atoms with Gasteiger partial charge in [-0.25, -0.2) is 4.79 Å². The van der Waals surface area contributed by atoms with E-state index >= 15 is 0 Å². The average Bonchev–Trinajstić information content (AvgIpc) is 2.62. The van der Waals surface area contributed by atoms with Crippen molar-refractivity contribution in [3.63, 3.8) is 0 Å². The van der Waals surface area contributed by atoms with Crippen LogP contribution in [0.4, 0.5) is 0 Å². The number of hydrogen-bond acceptors (Lipinski definition) is 3. The molecule has 2 atom stereocenters. The lowest BCUT2D eigenvalue weighted by atomic mass is 9.88. The SMILES string of the molecule is COC(=O)C1=C[C@@H](c2ccccc2)C[C@H](c2ccccc2)O1. The van der Waals surface area contributed by atoms with Crippen molar-refractivity contribution in [3.8, 4) is 0 Å². The second kappa shape index (κ2) is 6.48. The van der Waals surface area contributed by atoms with E-state index in [1.807, 2.05) is 54.6 Å². The summed E-state index contributed by atoms with van der Waals surface area (Å²) >= 11 is 0. The number of carbonyl (C=O) groups excluding carboxylic acids is 1. The summed E-state index contributed by atoms with van der Waals surface area (Å²) in [6, 6.07) is 20.1. The first-order valence-corrected chi connectivity index (χ1v) is 7.34. The lowest BCUT2D eigenvalue weighted by Crippen LogP contribution is -2.20. The van der Waals surface area contributed by atoms with Gasteiger partial charge in [-0.3, -0.25) is 0 Å². The number of methoxy groups -OCH3 is 1. The number of esters is 1. The summed E-state index contributed by atoms with van der Waals surface area (Å²) in [5.41, 5.74) is 2.24. The highest BCUT2D eigenvalue weighted by molar-refractivity contribution is 5.86. The van der Waals surface area contributed by atoms with Gasteiger partial charge in [-0.05, 0) is 23.6 Å². The van der Waals surface area contributed by atoms with Crippen LogP contribution in [-0.4, -0.2) is 13.1 Å². The van der Waals surface area contributed by atoms with Crippen molar-refractivity contribution in [2.24, 2.45) is 0 Å². The summed E-state index contributed by atoms with van der Waals surface area (Å²) in [6.45, 7) is 0. The quantitative estimate of drug-likeness (QED) is 0.803. The van der Waals surface area contributed by atoms with Gasteiger partial charge in [0.1, 0.15) is 6.10 Å². The van der Waals surface area contributed by atoms with Crippen LogP contribution in [0.15, 0.2) is 72.5 Å². The minimum atomic E-state index is -0.429. The monoisotopic (exact) mass is 294 g/mol. The van der Waals surface area contributed by atoms with E-state index in [2.05, 4.69) is 12.1 Å². The normalized spacial score (nSPS) is 20.7. The van der Waals surface area contributed by atoms with E-state index < -0.39 is 5.97 Å². The predicted molar refractivity (Wildman–Crippen MR) is 84.2 cm³/mol. The zero-order chi connectivity index (χ0) is 15.4. The average molecular weight is 294 g/mol. The van der Waals surface area contributed by atoms with Gasteiger partial charge in [0.05, 0.1) is 7.11 Å². The molecule has 1 heterocycles. The molecule has 0 saturated carbocycles. The molecule has 0 fully saturated rings. The Morgan fingerprint density at radius 1 is 1.00 bits per heavy atom. The smallest absolute Gasteiger partial charge is 0.373 e.